The maximum atomic E-state index is 13.9. The number of hydrazine groups is 1. The summed E-state index contributed by atoms with van der Waals surface area (Å²) in [4.78, 5) is 31.5. The molecule has 2 amide bonds. The van der Waals surface area contributed by atoms with Crippen LogP contribution in [-0.2, 0) is 16.0 Å². The van der Waals surface area contributed by atoms with E-state index >= 15 is 0 Å². The van der Waals surface area contributed by atoms with Gasteiger partial charge in [0.2, 0.25) is 11.8 Å². The molecule has 4 rings (SSSR count). The van der Waals surface area contributed by atoms with Gasteiger partial charge >= 0.3 is 0 Å². The first-order valence-corrected chi connectivity index (χ1v) is 15.8. The summed E-state index contributed by atoms with van der Waals surface area (Å²) in [5, 5.41) is 8.80. The lowest BCUT2D eigenvalue weighted by Crippen LogP contribution is -2.60. The molecule has 2 saturated heterocycles. The Balaban J connectivity index is 1.42. The van der Waals surface area contributed by atoms with E-state index < -0.39 is 12.1 Å². The molecule has 3 N–H and O–H groups in total. The van der Waals surface area contributed by atoms with Gasteiger partial charge in [0, 0.05) is 75.8 Å². The molecular formula is C33H49ClN6O2. The molecular weight excluding hydrogens is 548 g/mol. The number of hydrogen-bond acceptors (Lipinski definition) is 6. The van der Waals surface area contributed by atoms with E-state index in [0.717, 1.165) is 62.3 Å². The van der Waals surface area contributed by atoms with Crippen LogP contribution < -0.4 is 11.1 Å². The summed E-state index contributed by atoms with van der Waals surface area (Å²) in [6, 6.07) is 14.6. The fourth-order valence-electron chi connectivity index (χ4n) is 6.15. The fourth-order valence-corrected chi connectivity index (χ4v) is 6.28. The van der Waals surface area contributed by atoms with Gasteiger partial charge in [-0.15, -0.1) is 0 Å². The molecule has 2 aliphatic rings. The number of likely N-dealkylation sites (N-methyl/N-ethyl adjacent to an activating group) is 1. The summed E-state index contributed by atoms with van der Waals surface area (Å²) < 4.78 is 0. The topological polar surface area (TPSA) is 85.1 Å². The highest BCUT2D eigenvalue weighted by atomic mass is 35.5. The smallest absolute Gasteiger partial charge is 0.245 e. The molecule has 9 heteroatoms. The molecule has 230 valence electrons. The van der Waals surface area contributed by atoms with Gasteiger partial charge < -0.3 is 20.9 Å². The first-order chi connectivity index (χ1) is 20.1. The van der Waals surface area contributed by atoms with Crippen molar-refractivity contribution in [2.75, 3.05) is 52.9 Å². The average molecular weight is 597 g/mol. The van der Waals surface area contributed by atoms with Crippen LogP contribution in [-0.4, -0.2) is 96.6 Å². The number of rotatable bonds is 11. The van der Waals surface area contributed by atoms with Gasteiger partial charge in [0.15, 0.2) is 0 Å². The number of nitrogens with zero attached hydrogens (tertiary/aromatic N) is 4. The minimum Gasteiger partial charge on any atom is -0.344 e. The van der Waals surface area contributed by atoms with Gasteiger partial charge in [-0.25, -0.2) is 10.0 Å². The molecule has 0 aromatic heterocycles. The Labute approximate surface area is 257 Å². The molecule has 0 aliphatic carbocycles. The number of halogens is 1. The van der Waals surface area contributed by atoms with Crippen molar-refractivity contribution in [3.63, 3.8) is 0 Å². The zero-order valence-electron chi connectivity index (χ0n) is 25.8. The first kappa shape index (κ1) is 32.4. The third kappa shape index (κ3) is 9.01. The fraction of sp³-hybridized carbons (Fsp3) is 0.576. The van der Waals surface area contributed by atoms with Gasteiger partial charge in [0.25, 0.3) is 0 Å². The van der Waals surface area contributed by atoms with E-state index in [1.54, 1.807) is 0 Å². The van der Waals surface area contributed by atoms with Crippen molar-refractivity contribution < 1.29 is 9.59 Å². The zero-order valence-corrected chi connectivity index (χ0v) is 26.5. The number of likely N-dealkylation sites (tertiary alicyclic amines) is 1. The molecule has 42 heavy (non-hydrogen) atoms. The number of piperazine rings is 1. The van der Waals surface area contributed by atoms with Crippen LogP contribution in [0.1, 0.15) is 55.8 Å². The Morgan fingerprint density at radius 1 is 1.00 bits per heavy atom. The summed E-state index contributed by atoms with van der Waals surface area (Å²) in [5.41, 5.74) is 9.38. The summed E-state index contributed by atoms with van der Waals surface area (Å²) in [7, 11) is 2.18. The maximum Gasteiger partial charge on any atom is 0.245 e. The number of nitrogens with two attached hydrogens (primary N) is 1. The van der Waals surface area contributed by atoms with Crippen molar-refractivity contribution in [3.05, 3.63) is 70.2 Å². The molecule has 1 unspecified atom stereocenters. The minimum atomic E-state index is -0.663. The zero-order chi connectivity index (χ0) is 30.2. The van der Waals surface area contributed by atoms with Gasteiger partial charge in [0.1, 0.15) is 6.04 Å². The third-order valence-corrected chi connectivity index (χ3v) is 8.82. The van der Waals surface area contributed by atoms with Crippen LogP contribution in [0.25, 0.3) is 0 Å². The Morgan fingerprint density at radius 3 is 2.26 bits per heavy atom. The number of hydrogen-bond donors (Lipinski definition) is 2. The van der Waals surface area contributed by atoms with Crippen LogP contribution in [0.3, 0.4) is 0 Å². The highest BCUT2D eigenvalue weighted by molar-refractivity contribution is 6.30. The van der Waals surface area contributed by atoms with Crippen molar-refractivity contribution in [3.8, 4) is 0 Å². The van der Waals surface area contributed by atoms with Crippen LogP contribution in [0.15, 0.2) is 48.5 Å². The highest BCUT2D eigenvalue weighted by Gasteiger charge is 2.34. The van der Waals surface area contributed by atoms with Crippen LogP contribution in [0.2, 0.25) is 5.02 Å². The second-order valence-electron chi connectivity index (χ2n) is 12.4. The van der Waals surface area contributed by atoms with Gasteiger partial charge in [-0.2, -0.15) is 0 Å². The summed E-state index contributed by atoms with van der Waals surface area (Å²) in [6.07, 6.45) is 2.36. The average Bonchev–Trinajstić information content (AvgIpc) is 2.97. The molecule has 2 fully saturated rings. The van der Waals surface area contributed by atoms with Crippen molar-refractivity contribution >= 4 is 23.4 Å². The molecule has 2 aromatic rings. The van der Waals surface area contributed by atoms with Crippen molar-refractivity contribution in [2.45, 2.75) is 64.6 Å². The minimum absolute atomic E-state index is 0.0313. The van der Waals surface area contributed by atoms with E-state index in [2.05, 4.69) is 41.1 Å². The predicted octanol–water partition coefficient (Wildman–Crippen LogP) is 3.88. The number of benzene rings is 2. The molecule has 8 nitrogen and oxygen atoms in total. The molecule has 0 bridgehead atoms. The van der Waals surface area contributed by atoms with Crippen LogP contribution in [0, 0.1) is 12.8 Å². The number of carbonyl (C=O) groups excluding carboxylic acids is 2. The number of amides is 2. The normalized spacial score (nSPS) is 18.8. The lowest BCUT2D eigenvalue weighted by molar-refractivity contribution is -0.140. The van der Waals surface area contributed by atoms with Gasteiger partial charge in [-0.05, 0) is 61.6 Å². The molecule has 0 radical (unpaired) electrons. The molecule has 0 spiro atoms. The third-order valence-electron chi connectivity index (χ3n) is 8.57. The summed E-state index contributed by atoms with van der Waals surface area (Å²) in [6.45, 7) is 13.2. The molecule has 2 atom stereocenters. The summed E-state index contributed by atoms with van der Waals surface area (Å²) >= 11 is 6.11. The number of aryl methyl sites for hydroxylation is 1. The Bertz CT molecular complexity index is 1160. The number of nitrogens with one attached hydrogen (secondary N) is 1. The van der Waals surface area contributed by atoms with Crippen LogP contribution >= 0.6 is 11.6 Å². The van der Waals surface area contributed by atoms with Crippen molar-refractivity contribution in [2.24, 2.45) is 11.7 Å². The Hall–Kier alpha value is -2.49. The van der Waals surface area contributed by atoms with Gasteiger partial charge in [-0.3, -0.25) is 9.59 Å². The standard InChI is InChI=1S/C33H49ClN6O2/c1-24(2)23-40(39-19-17-37(4)18-20-39)28-13-15-38(16-14-28)33(42)31(21-26-9-11-27(34)12-10-26)36-32(41)22-30(35)29-8-6-5-7-25(29)3/h5-12,24,28,30-31H,13-23,35H2,1-4H3,(H,36,41)/t30?,31-/m1/s1. The molecule has 2 aliphatic heterocycles. The Morgan fingerprint density at radius 2 is 1.64 bits per heavy atom. The van der Waals surface area contributed by atoms with Crippen molar-refractivity contribution in [1.29, 1.82) is 0 Å². The van der Waals surface area contributed by atoms with E-state index in [9.17, 15) is 9.59 Å². The van der Waals surface area contributed by atoms with Crippen LogP contribution in [0.5, 0.6) is 0 Å². The largest absolute Gasteiger partial charge is 0.344 e. The van der Waals surface area contributed by atoms with E-state index in [1.165, 1.54) is 0 Å². The Kier molecular flexibility index (Phi) is 11.8. The highest BCUT2D eigenvalue weighted by Crippen LogP contribution is 2.23. The van der Waals surface area contributed by atoms with Crippen molar-refractivity contribution in [1.82, 2.24) is 25.1 Å². The lowest BCUT2D eigenvalue weighted by atomic mass is 9.98. The van der Waals surface area contributed by atoms with Gasteiger partial charge in [0.05, 0.1) is 0 Å². The number of carbonyl (C=O) groups is 2. The second kappa shape index (κ2) is 15.3. The SMILES string of the molecule is Cc1ccccc1C(N)CC(=O)N[C@H](Cc1ccc(Cl)cc1)C(=O)N1CCC(N(CC(C)C)N2CCN(C)CC2)CC1. The molecule has 0 saturated carbocycles. The lowest BCUT2D eigenvalue weighted by Gasteiger charge is -2.47. The molecule has 2 aromatic carbocycles. The van der Waals surface area contributed by atoms with Crippen LogP contribution in [0.4, 0.5) is 0 Å². The quantitative estimate of drug-likeness (QED) is 0.410. The van der Waals surface area contributed by atoms with E-state index in [1.807, 2.05) is 60.4 Å². The molecule has 2 heterocycles. The predicted molar refractivity (Wildman–Crippen MR) is 170 cm³/mol. The first-order valence-electron chi connectivity index (χ1n) is 15.4. The number of piperidine rings is 1. The van der Waals surface area contributed by atoms with Gasteiger partial charge in [-0.1, -0.05) is 61.8 Å². The maximum absolute atomic E-state index is 13.9. The monoisotopic (exact) mass is 596 g/mol. The summed E-state index contributed by atoms with van der Waals surface area (Å²) in [5.74, 6) is 0.316. The van der Waals surface area contributed by atoms with E-state index in [0.29, 0.717) is 36.5 Å². The van der Waals surface area contributed by atoms with E-state index in [-0.39, 0.29) is 18.2 Å². The second-order valence-corrected chi connectivity index (χ2v) is 12.9. The van der Waals surface area contributed by atoms with E-state index in [4.69, 9.17) is 17.3 Å².